The molecule has 0 aliphatic heterocycles. The van der Waals surface area contributed by atoms with Crippen molar-refractivity contribution in [3.8, 4) is 5.69 Å². The third-order valence-corrected chi connectivity index (χ3v) is 2.97. The summed E-state index contributed by atoms with van der Waals surface area (Å²) in [5, 5.41) is 4.62. The van der Waals surface area contributed by atoms with Crippen LogP contribution < -0.4 is 0 Å². The first-order chi connectivity index (χ1) is 7.34. The van der Waals surface area contributed by atoms with E-state index in [9.17, 15) is 0 Å². The van der Waals surface area contributed by atoms with Crippen molar-refractivity contribution in [3.05, 3.63) is 47.8 Å². The Morgan fingerprint density at radius 2 is 2.00 bits per heavy atom. The van der Waals surface area contributed by atoms with Crippen molar-refractivity contribution in [1.29, 1.82) is 0 Å². The van der Waals surface area contributed by atoms with Gasteiger partial charge in [-0.3, -0.25) is 0 Å². The third-order valence-electron chi connectivity index (χ3n) is 2.97. The number of rotatable bonds is 2. The molecular weight excluding hydrogens is 184 g/mol. The Hall–Kier alpha value is -1.57. The molecular formula is C13H14N2. The molecule has 2 heteroatoms. The maximum Gasteiger partial charge on any atom is 0.0674 e. The van der Waals surface area contributed by atoms with Gasteiger partial charge < -0.3 is 0 Å². The van der Waals surface area contributed by atoms with E-state index in [1.54, 1.807) is 0 Å². The van der Waals surface area contributed by atoms with Crippen LogP contribution in [0.4, 0.5) is 0 Å². The molecule has 0 unspecified atom stereocenters. The molecule has 76 valence electrons. The molecule has 15 heavy (non-hydrogen) atoms. The fourth-order valence-corrected chi connectivity index (χ4v) is 1.89. The highest BCUT2D eigenvalue weighted by Crippen LogP contribution is 2.39. The summed E-state index contributed by atoms with van der Waals surface area (Å²) in [5.74, 6) is 0.732. The Morgan fingerprint density at radius 3 is 2.73 bits per heavy atom. The lowest BCUT2D eigenvalue weighted by molar-refractivity contribution is 0.832. The van der Waals surface area contributed by atoms with Gasteiger partial charge in [-0.25, -0.2) is 4.68 Å². The maximum absolute atomic E-state index is 4.62. The molecule has 0 bridgehead atoms. The van der Waals surface area contributed by atoms with Crippen molar-refractivity contribution < 1.29 is 0 Å². The second-order valence-corrected chi connectivity index (χ2v) is 4.25. The van der Waals surface area contributed by atoms with Crippen molar-refractivity contribution in [3.63, 3.8) is 0 Å². The highest BCUT2D eigenvalue weighted by atomic mass is 15.3. The van der Waals surface area contributed by atoms with Crippen LogP contribution in [0.1, 0.15) is 30.0 Å². The number of nitrogens with zero attached hydrogens (tertiary/aromatic N) is 2. The van der Waals surface area contributed by atoms with Crippen molar-refractivity contribution in [2.45, 2.75) is 25.7 Å². The van der Waals surface area contributed by atoms with Crippen LogP contribution in [0, 0.1) is 6.92 Å². The summed E-state index contributed by atoms with van der Waals surface area (Å²) < 4.78 is 1.99. The molecule has 0 amide bonds. The van der Waals surface area contributed by atoms with E-state index >= 15 is 0 Å². The van der Waals surface area contributed by atoms with Gasteiger partial charge in [0, 0.05) is 12.1 Å². The molecule has 0 N–H and O–H groups in total. The molecule has 1 heterocycles. The molecule has 2 aromatic rings. The van der Waals surface area contributed by atoms with E-state index in [4.69, 9.17) is 0 Å². The summed E-state index contributed by atoms with van der Waals surface area (Å²) in [6.45, 7) is 2.12. The quantitative estimate of drug-likeness (QED) is 0.725. The van der Waals surface area contributed by atoms with E-state index in [1.165, 1.54) is 29.8 Å². The second-order valence-electron chi connectivity index (χ2n) is 4.25. The van der Waals surface area contributed by atoms with E-state index in [2.05, 4.69) is 48.6 Å². The average Bonchev–Trinajstić information content (AvgIpc) is 2.99. The highest BCUT2D eigenvalue weighted by Gasteiger charge is 2.25. The Kier molecular flexibility index (Phi) is 1.88. The number of aromatic nitrogens is 2. The summed E-state index contributed by atoms with van der Waals surface area (Å²) in [4.78, 5) is 0. The molecule has 0 radical (unpaired) electrons. The predicted molar refractivity (Wildman–Crippen MR) is 60.3 cm³/mol. The Labute approximate surface area is 89.5 Å². The minimum atomic E-state index is 0.732. The smallest absolute Gasteiger partial charge is 0.0674 e. The second kappa shape index (κ2) is 3.23. The topological polar surface area (TPSA) is 17.8 Å². The van der Waals surface area contributed by atoms with Crippen molar-refractivity contribution in [2.75, 3.05) is 0 Å². The van der Waals surface area contributed by atoms with Gasteiger partial charge >= 0.3 is 0 Å². The van der Waals surface area contributed by atoms with Crippen LogP contribution in [0.2, 0.25) is 0 Å². The van der Waals surface area contributed by atoms with Gasteiger partial charge in [0.1, 0.15) is 0 Å². The fraction of sp³-hybridized carbons (Fsp3) is 0.308. The normalized spacial score (nSPS) is 15.5. The van der Waals surface area contributed by atoms with E-state index in [0.29, 0.717) is 0 Å². The monoisotopic (exact) mass is 198 g/mol. The van der Waals surface area contributed by atoms with Crippen LogP contribution in [0.15, 0.2) is 36.5 Å². The number of para-hydroxylation sites is 1. The van der Waals surface area contributed by atoms with Crippen LogP contribution in [-0.4, -0.2) is 9.78 Å². The Morgan fingerprint density at radius 1 is 1.20 bits per heavy atom. The number of hydrogen-bond acceptors (Lipinski definition) is 1. The van der Waals surface area contributed by atoms with Crippen LogP contribution in [-0.2, 0) is 0 Å². The average molecular weight is 198 g/mol. The van der Waals surface area contributed by atoms with Gasteiger partial charge in [0.25, 0.3) is 0 Å². The third kappa shape index (κ3) is 1.56. The van der Waals surface area contributed by atoms with Gasteiger partial charge in [0.2, 0.25) is 0 Å². The van der Waals surface area contributed by atoms with Crippen LogP contribution in [0.5, 0.6) is 0 Å². The highest BCUT2D eigenvalue weighted by molar-refractivity contribution is 5.39. The van der Waals surface area contributed by atoms with Gasteiger partial charge in [-0.15, -0.1) is 0 Å². The molecule has 1 aromatic carbocycles. The zero-order chi connectivity index (χ0) is 10.3. The van der Waals surface area contributed by atoms with E-state index < -0.39 is 0 Å². The zero-order valence-corrected chi connectivity index (χ0v) is 8.85. The van der Waals surface area contributed by atoms with Gasteiger partial charge in [-0.1, -0.05) is 18.2 Å². The molecule has 3 rings (SSSR count). The Bertz CT molecular complexity index is 481. The molecule has 1 aromatic heterocycles. The van der Waals surface area contributed by atoms with Crippen molar-refractivity contribution in [2.24, 2.45) is 0 Å². The molecule has 0 spiro atoms. The number of benzene rings is 1. The molecule has 0 saturated heterocycles. The molecule has 1 saturated carbocycles. The summed E-state index contributed by atoms with van der Waals surface area (Å²) in [6.07, 6.45) is 4.69. The first kappa shape index (κ1) is 8.72. The first-order valence-electron chi connectivity index (χ1n) is 5.46. The summed E-state index contributed by atoms with van der Waals surface area (Å²) in [7, 11) is 0. The standard InChI is InChI=1S/C13H14N2/c1-10-4-2-3-5-13(10)15-9-8-12(14-15)11-6-7-11/h2-5,8-9,11H,6-7H2,1H3. The van der Waals surface area contributed by atoms with E-state index in [0.717, 1.165) is 5.92 Å². The SMILES string of the molecule is Cc1ccccc1-n1ccc(C2CC2)n1. The summed E-state index contributed by atoms with van der Waals surface area (Å²) in [6, 6.07) is 10.5. The first-order valence-corrected chi connectivity index (χ1v) is 5.46. The van der Waals surface area contributed by atoms with E-state index in [1.807, 2.05) is 4.68 Å². The molecule has 2 nitrogen and oxygen atoms in total. The van der Waals surface area contributed by atoms with Crippen LogP contribution in [0.3, 0.4) is 0 Å². The van der Waals surface area contributed by atoms with Gasteiger partial charge in [0.05, 0.1) is 11.4 Å². The number of hydrogen-bond donors (Lipinski definition) is 0. The zero-order valence-electron chi connectivity index (χ0n) is 8.85. The van der Waals surface area contributed by atoms with Crippen molar-refractivity contribution in [1.82, 2.24) is 9.78 Å². The summed E-state index contributed by atoms with van der Waals surface area (Å²) in [5.41, 5.74) is 3.70. The fourth-order valence-electron chi connectivity index (χ4n) is 1.89. The minimum absolute atomic E-state index is 0.732. The van der Waals surface area contributed by atoms with Crippen LogP contribution >= 0.6 is 0 Å². The minimum Gasteiger partial charge on any atom is -0.240 e. The predicted octanol–water partition coefficient (Wildman–Crippen LogP) is 3.06. The lowest BCUT2D eigenvalue weighted by Gasteiger charge is -2.04. The largest absolute Gasteiger partial charge is 0.240 e. The molecule has 1 aliphatic rings. The lowest BCUT2D eigenvalue weighted by Crippen LogP contribution is -1.97. The van der Waals surface area contributed by atoms with E-state index in [-0.39, 0.29) is 0 Å². The van der Waals surface area contributed by atoms with Crippen LogP contribution in [0.25, 0.3) is 5.69 Å². The van der Waals surface area contributed by atoms with Gasteiger partial charge in [-0.05, 0) is 37.5 Å². The number of aryl methyl sites for hydroxylation is 1. The lowest BCUT2D eigenvalue weighted by atomic mass is 10.2. The van der Waals surface area contributed by atoms with Gasteiger partial charge in [0.15, 0.2) is 0 Å². The molecule has 1 aliphatic carbocycles. The molecule has 1 fully saturated rings. The maximum atomic E-state index is 4.62. The Balaban J connectivity index is 2.01. The summed E-state index contributed by atoms with van der Waals surface area (Å²) >= 11 is 0. The van der Waals surface area contributed by atoms with Gasteiger partial charge in [-0.2, -0.15) is 5.10 Å². The molecule has 0 atom stereocenters. The van der Waals surface area contributed by atoms with Crippen molar-refractivity contribution >= 4 is 0 Å².